The van der Waals surface area contributed by atoms with Gasteiger partial charge >= 0.3 is 5.97 Å². The van der Waals surface area contributed by atoms with Crippen LogP contribution in [-0.2, 0) is 16.0 Å². The molecule has 0 spiro atoms. The first-order valence-electron chi connectivity index (χ1n) is 6.10. The molecule has 0 bridgehead atoms. The molecule has 0 fully saturated rings. The van der Waals surface area contributed by atoms with Crippen LogP contribution < -0.4 is 0 Å². The van der Waals surface area contributed by atoms with E-state index in [1.165, 1.54) is 11.1 Å². The number of ether oxygens (including phenoxy) is 1. The minimum Gasteiger partial charge on any atom is -0.481 e. The number of aryl methyl sites for hydroxylation is 1. The van der Waals surface area contributed by atoms with E-state index in [0.29, 0.717) is 18.9 Å². The summed E-state index contributed by atoms with van der Waals surface area (Å²) < 4.78 is 5.41. The van der Waals surface area contributed by atoms with Crippen LogP contribution in [0.5, 0.6) is 0 Å². The summed E-state index contributed by atoms with van der Waals surface area (Å²) in [5.74, 6) is -0.238. The van der Waals surface area contributed by atoms with Gasteiger partial charge in [0.2, 0.25) is 0 Å². The van der Waals surface area contributed by atoms with Crippen LogP contribution in [0.2, 0.25) is 0 Å². The largest absolute Gasteiger partial charge is 0.481 e. The number of hydrogen-bond donors (Lipinski definition) is 1. The van der Waals surface area contributed by atoms with E-state index < -0.39 is 5.97 Å². The van der Waals surface area contributed by atoms with Crippen LogP contribution in [0.3, 0.4) is 0 Å². The average Bonchev–Trinajstić information content (AvgIpc) is 2.74. The highest BCUT2D eigenvalue weighted by Gasteiger charge is 2.19. The molecule has 1 aliphatic rings. The fourth-order valence-electron chi connectivity index (χ4n) is 2.04. The van der Waals surface area contributed by atoms with Crippen LogP contribution >= 0.6 is 0 Å². The van der Waals surface area contributed by atoms with Crippen molar-refractivity contribution in [1.82, 2.24) is 0 Å². The van der Waals surface area contributed by atoms with Gasteiger partial charge in [-0.15, -0.1) is 0 Å². The van der Waals surface area contributed by atoms with Crippen LogP contribution in [0.1, 0.15) is 24.0 Å². The van der Waals surface area contributed by atoms with Crippen molar-refractivity contribution < 1.29 is 14.6 Å². The van der Waals surface area contributed by atoms with Crippen molar-refractivity contribution in [1.29, 1.82) is 0 Å². The van der Waals surface area contributed by atoms with Crippen molar-refractivity contribution in [2.75, 3.05) is 6.61 Å². The summed E-state index contributed by atoms with van der Waals surface area (Å²) in [6, 6.07) is 8.45. The van der Waals surface area contributed by atoms with Gasteiger partial charge in [0.05, 0.1) is 12.5 Å². The summed E-state index contributed by atoms with van der Waals surface area (Å²) in [6.07, 6.45) is 1.31. The van der Waals surface area contributed by atoms with Crippen molar-refractivity contribution >= 4 is 11.9 Å². The summed E-state index contributed by atoms with van der Waals surface area (Å²) in [7, 11) is 0. The maximum Gasteiger partial charge on any atom is 0.303 e. The molecule has 1 aromatic carbocycles. The van der Waals surface area contributed by atoms with E-state index >= 15 is 0 Å². The lowest BCUT2D eigenvalue weighted by Crippen LogP contribution is -2.10. The first-order chi connectivity index (χ1) is 8.63. The summed E-state index contributed by atoms with van der Waals surface area (Å²) in [4.78, 5) is 14.9. The molecule has 0 aromatic heterocycles. The van der Waals surface area contributed by atoms with Gasteiger partial charge in [-0.1, -0.05) is 29.8 Å². The molecule has 1 atom stereocenters. The summed E-state index contributed by atoms with van der Waals surface area (Å²) in [6.45, 7) is 2.62. The number of carbonyl (C=O) groups is 1. The van der Waals surface area contributed by atoms with Gasteiger partial charge in [-0.05, 0) is 18.9 Å². The standard InChI is InChI=1S/C14H17NO3/c1-10-3-2-4-11(7-10)8-12-9-18-13(15-12)5-6-14(16)17/h2-4,7,12H,5-6,8-9H2,1H3,(H,16,17). The average molecular weight is 247 g/mol. The molecule has 4 nitrogen and oxygen atoms in total. The molecule has 0 aliphatic carbocycles. The Labute approximate surface area is 106 Å². The quantitative estimate of drug-likeness (QED) is 0.867. The van der Waals surface area contributed by atoms with Crippen LogP contribution in [0.4, 0.5) is 0 Å². The molecule has 1 heterocycles. The maximum atomic E-state index is 10.5. The number of nitrogens with zero attached hydrogens (tertiary/aromatic N) is 1. The lowest BCUT2D eigenvalue weighted by Gasteiger charge is -2.05. The molecule has 1 N–H and O–H groups in total. The van der Waals surface area contributed by atoms with Gasteiger partial charge in [0.15, 0.2) is 5.90 Å². The van der Waals surface area contributed by atoms with E-state index in [0.717, 1.165) is 6.42 Å². The zero-order valence-electron chi connectivity index (χ0n) is 10.4. The molecule has 18 heavy (non-hydrogen) atoms. The predicted molar refractivity (Wildman–Crippen MR) is 68.9 cm³/mol. The second-order valence-corrected chi connectivity index (χ2v) is 4.57. The predicted octanol–water partition coefficient (Wildman–Crippen LogP) is 2.20. The Bertz CT molecular complexity index is 468. The lowest BCUT2D eigenvalue weighted by molar-refractivity contribution is -0.136. The van der Waals surface area contributed by atoms with E-state index in [9.17, 15) is 4.79 Å². The maximum absolute atomic E-state index is 10.5. The van der Waals surface area contributed by atoms with Gasteiger partial charge in [0.1, 0.15) is 6.61 Å². The van der Waals surface area contributed by atoms with Crippen molar-refractivity contribution in [3.05, 3.63) is 35.4 Å². The van der Waals surface area contributed by atoms with Gasteiger partial charge in [-0.2, -0.15) is 0 Å². The fraction of sp³-hybridized carbons (Fsp3) is 0.429. The van der Waals surface area contributed by atoms with E-state index in [1.807, 2.05) is 6.07 Å². The molecule has 96 valence electrons. The summed E-state index contributed by atoms with van der Waals surface area (Å²) in [5, 5.41) is 8.59. The molecule has 4 heteroatoms. The Morgan fingerprint density at radius 2 is 2.39 bits per heavy atom. The summed E-state index contributed by atoms with van der Waals surface area (Å²) in [5.41, 5.74) is 2.48. The van der Waals surface area contributed by atoms with E-state index in [1.54, 1.807) is 0 Å². The third kappa shape index (κ3) is 3.58. The normalized spacial score (nSPS) is 18.3. The molecule has 0 amide bonds. The minimum atomic E-state index is -0.816. The first-order valence-corrected chi connectivity index (χ1v) is 6.10. The molecule has 0 saturated carbocycles. The zero-order chi connectivity index (χ0) is 13.0. The number of carboxylic acids is 1. The van der Waals surface area contributed by atoms with Crippen LogP contribution in [0.15, 0.2) is 29.3 Å². The SMILES string of the molecule is Cc1cccc(CC2COC(CCC(=O)O)=N2)c1. The van der Waals surface area contributed by atoms with Gasteiger partial charge in [-0.3, -0.25) is 4.79 Å². The Morgan fingerprint density at radius 3 is 3.11 bits per heavy atom. The number of hydrogen-bond acceptors (Lipinski definition) is 3. The highest BCUT2D eigenvalue weighted by Crippen LogP contribution is 2.14. The number of carboxylic acid groups (broad SMARTS) is 1. The lowest BCUT2D eigenvalue weighted by atomic mass is 10.1. The first kappa shape index (κ1) is 12.6. The number of aliphatic carboxylic acids is 1. The van der Waals surface area contributed by atoms with Crippen LogP contribution in [-0.4, -0.2) is 29.6 Å². The van der Waals surface area contributed by atoms with Crippen molar-refractivity contribution in [2.45, 2.75) is 32.2 Å². The van der Waals surface area contributed by atoms with Crippen molar-refractivity contribution in [3.8, 4) is 0 Å². The molecule has 1 unspecified atom stereocenters. The van der Waals surface area contributed by atoms with Gasteiger partial charge in [0.25, 0.3) is 0 Å². The van der Waals surface area contributed by atoms with Crippen LogP contribution in [0, 0.1) is 6.92 Å². The molecule has 0 radical (unpaired) electrons. The minimum absolute atomic E-state index is 0.0794. The Kier molecular flexibility index (Phi) is 3.97. The highest BCUT2D eigenvalue weighted by molar-refractivity contribution is 5.81. The molecule has 0 saturated heterocycles. The van der Waals surface area contributed by atoms with Gasteiger partial charge in [0, 0.05) is 6.42 Å². The number of aliphatic imine (C=N–C) groups is 1. The summed E-state index contributed by atoms with van der Waals surface area (Å²) >= 11 is 0. The second kappa shape index (κ2) is 5.67. The van der Waals surface area contributed by atoms with Crippen molar-refractivity contribution in [3.63, 3.8) is 0 Å². The number of rotatable bonds is 5. The van der Waals surface area contributed by atoms with Crippen molar-refractivity contribution in [2.24, 2.45) is 4.99 Å². The third-order valence-electron chi connectivity index (χ3n) is 2.88. The van der Waals surface area contributed by atoms with Gasteiger partial charge in [-0.25, -0.2) is 4.99 Å². The zero-order valence-corrected chi connectivity index (χ0v) is 10.4. The Balaban J connectivity index is 1.90. The van der Waals surface area contributed by atoms with Crippen LogP contribution in [0.25, 0.3) is 0 Å². The number of benzene rings is 1. The topological polar surface area (TPSA) is 58.9 Å². The molecular formula is C14H17NO3. The molecule has 2 rings (SSSR count). The van der Waals surface area contributed by atoms with Gasteiger partial charge < -0.3 is 9.84 Å². The third-order valence-corrected chi connectivity index (χ3v) is 2.88. The Hall–Kier alpha value is -1.84. The van der Waals surface area contributed by atoms with E-state index in [4.69, 9.17) is 9.84 Å². The highest BCUT2D eigenvalue weighted by atomic mass is 16.5. The van der Waals surface area contributed by atoms with E-state index in [2.05, 4.69) is 30.1 Å². The molecule has 1 aliphatic heterocycles. The monoisotopic (exact) mass is 247 g/mol. The fourth-order valence-corrected chi connectivity index (χ4v) is 2.04. The second-order valence-electron chi connectivity index (χ2n) is 4.57. The molecule has 1 aromatic rings. The Morgan fingerprint density at radius 1 is 1.56 bits per heavy atom. The smallest absolute Gasteiger partial charge is 0.303 e. The molecular weight excluding hydrogens is 230 g/mol. The van der Waals surface area contributed by atoms with E-state index in [-0.39, 0.29) is 12.5 Å².